The average molecular weight is 316 g/mol. The van der Waals surface area contributed by atoms with E-state index >= 15 is 0 Å². The van der Waals surface area contributed by atoms with E-state index in [9.17, 15) is 4.79 Å². The molecule has 0 radical (unpaired) electrons. The van der Waals surface area contributed by atoms with Gasteiger partial charge in [-0.15, -0.1) is 0 Å². The van der Waals surface area contributed by atoms with Crippen molar-refractivity contribution < 1.29 is 4.79 Å². The molecule has 7 heteroatoms. The topological polar surface area (TPSA) is 87.6 Å². The zero-order valence-electron chi connectivity index (χ0n) is 13.7. The van der Waals surface area contributed by atoms with E-state index < -0.39 is 0 Å². The fraction of sp³-hybridized carbons (Fsp3) is 0.562. The molecule has 23 heavy (non-hydrogen) atoms. The minimum Gasteiger partial charge on any atom is -0.350 e. The van der Waals surface area contributed by atoms with E-state index in [-0.39, 0.29) is 12.5 Å². The summed E-state index contributed by atoms with van der Waals surface area (Å²) in [5.41, 5.74) is 4.04. The SMILES string of the molecule is Cc1n[nH]c(C)c1CNC(=O)Cn1ccc([C@@H]2CCCNC2)n1. The van der Waals surface area contributed by atoms with Crippen molar-refractivity contribution in [3.63, 3.8) is 0 Å². The Balaban J connectivity index is 1.53. The number of hydrogen-bond donors (Lipinski definition) is 3. The second kappa shape index (κ2) is 6.95. The Labute approximate surface area is 135 Å². The molecule has 0 aromatic carbocycles. The first kappa shape index (κ1) is 15.7. The normalized spacial score (nSPS) is 18.1. The van der Waals surface area contributed by atoms with Crippen molar-refractivity contribution in [2.75, 3.05) is 13.1 Å². The molecule has 0 aliphatic carbocycles. The lowest BCUT2D eigenvalue weighted by molar-refractivity contribution is -0.122. The molecule has 3 rings (SSSR count). The summed E-state index contributed by atoms with van der Waals surface area (Å²) >= 11 is 0. The molecule has 1 amide bonds. The van der Waals surface area contributed by atoms with Crippen LogP contribution in [0.5, 0.6) is 0 Å². The first-order chi connectivity index (χ1) is 11.1. The highest BCUT2D eigenvalue weighted by molar-refractivity contribution is 5.75. The third kappa shape index (κ3) is 3.79. The van der Waals surface area contributed by atoms with Crippen LogP contribution in [0.1, 0.15) is 41.4 Å². The van der Waals surface area contributed by atoms with Crippen molar-refractivity contribution >= 4 is 5.91 Å². The lowest BCUT2D eigenvalue weighted by atomic mass is 9.97. The number of nitrogens with one attached hydrogen (secondary N) is 3. The number of rotatable bonds is 5. The minimum atomic E-state index is -0.0404. The molecule has 124 valence electrons. The van der Waals surface area contributed by atoms with Crippen LogP contribution in [0.4, 0.5) is 0 Å². The Hall–Kier alpha value is -2.15. The molecule has 0 unspecified atom stereocenters. The van der Waals surface area contributed by atoms with Crippen LogP contribution in [0, 0.1) is 13.8 Å². The number of aryl methyl sites for hydroxylation is 2. The summed E-state index contributed by atoms with van der Waals surface area (Å²) in [5.74, 6) is 0.422. The maximum atomic E-state index is 12.1. The van der Waals surface area contributed by atoms with Crippen LogP contribution in [0.15, 0.2) is 12.3 Å². The maximum absolute atomic E-state index is 12.1. The van der Waals surface area contributed by atoms with E-state index in [1.54, 1.807) is 4.68 Å². The summed E-state index contributed by atoms with van der Waals surface area (Å²) < 4.78 is 1.72. The van der Waals surface area contributed by atoms with Crippen LogP contribution in [0.3, 0.4) is 0 Å². The van der Waals surface area contributed by atoms with Crippen molar-refractivity contribution in [3.8, 4) is 0 Å². The van der Waals surface area contributed by atoms with E-state index in [0.717, 1.165) is 42.2 Å². The minimum absolute atomic E-state index is 0.0404. The van der Waals surface area contributed by atoms with Crippen molar-refractivity contribution in [2.24, 2.45) is 0 Å². The Morgan fingerprint density at radius 1 is 1.48 bits per heavy atom. The zero-order valence-corrected chi connectivity index (χ0v) is 13.7. The number of H-pyrrole nitrogens is 1. The molecule has 0 bridgehead atoms. The molecular formula is C16H24N6O. The molecular weight excluding hydrogens is 292 g/mol. The van der Waals surface area contributed by atoms with E-state index in [2.05, 4.69) is 25.9 Å². The third-order valence-electron chi connectivity index (χ3n) is 4.43. The van der Waals surface area contributed by atoms with E-state index in [4.69, 9.17) is 0 Å². The lowest BCUT2D eigenvalue weighted by Gasteiger charge is -2.20. The van der Waals surface area contributed by atoms with Gasteiger partial charge in [0.2, 0.25) is 5.91 Å². The quantitative estimate of drug-likeness (QED) is 0.768. The molecule has 2 aromatic heterocycles. The third-order valence-corrected chi connectivity index (χ3v) is 4.43. The number of carbonyl (C=O) groups is 1. The molecule has 3 N–H and O–H groups in total. The molecule has 7 nitrogen and oxygen atoms in total. The summed E-state index contributed by atoms with van der Waals surface area (Å²) in [4.78, 5) is 12.1. The number of nitrogens with zero attached hydrogens (tertiary/aromatic N) is 3. The van der Waals surface area contributed by atoms with Gasteiger partial charge in [0.1, 0.15) is 6.54 Å². The monoisotopic (exact) mass is 316 g/mol. The van der Waals surface area contributed by atoms with Crippen LogP contribution in [-0.4, -0.2) is 39.0 Å². The molecule has 1 saturated heterocycles. The Bertz CT molecular complexity index is 648. The van der Waals surface area contributed by atoms with Crippen LogP contribution in [0.2, 0.25) is 0 Å². The molecule has 3 heterocycles. The number of aromatic amines is 1. The first-order valence-corrected chi connectivity index (χ1v) is 8.14. The Kier molecular flexibility index (Phi) is 4.76. The zero-order chi connectivity index (χ0) is 16.2. The van der Waals surface area contributed by atoms with Gasteiger partial charge in [0.05, 0.1) is 11.4 Å². The van der Waals surface area contributed by atoms with Crippen molar-refractivity contribution in [1.82, 2.24) is 30.6 Å². The predicted octanol–water partition coefficient (Wildman–Crippen LogP) is 1.01. The predicted molar refractivity (Wildman–Crippen MR) is 87.0 cm³/mol. The highest BCUT2D eigenvalue weighted by Crippen LogP contribution is 2.21. The second-order valence-corrected chi connectivity index (χ2v) is 6.17. The van der Waals surface area contributed by atoms with Gasteiger partial charge in [-0.05, 0) is 39.3 Å². The van der Waals surface area contributed by atoms with Gasteiger partial charge in [-0.2, -0.15) is 10.2 Å². The molecule has 0 saturated carbocycles. The van der Waals surface area contributed by atoms with Gasteiger partial charge in [-0.3, -0.25) is 14.6 Å². The Morgan fingerprint density at radius 2 is 2.35 bits per heavy atom. The maximum Gasteiger partial charge on any atom is 0.241 e. The number of piperidine rings is 1. The number of hydrogen-bond acceptors (Lipinski definition) is 4. The summed E-state index contributed by atoms with van der Waals surface area (Å²) in [6, 6.07) is 2.02. The smallest absolute Gasteiger partial charge is 0.241 e. The van der Waals surface area contributed by atoms with E-state index in [1.165, 1.54) is 6.42 Å². The molecule has 0 spiro atoms. The van der Waals surface area contributed by atoms with Gasteiger partial charge in [-0.25, -0.2) is 0 Å². The van der Waals surface area contributed by atoms with Gasteiger partial charge in [0.15, 0.2) is 0 Å². The summed E-state index contributed by atoms with van der Waals surface area (Å²) in [6.45, 7) is 6.70. The molecule has 1 aliphatic heterocycles. The van der Waals surface area contributed by atoms with Gasteiger partial charge in [-0.1, -0.05) is 0 Å². The van der Waals surface area contributed by atoms with Crippen molar-refractivity contribution in [1.29, 1.82) is 0 Å². The van der Waals surface area contributed by atoms with Crippen LogP contribution >= 0.6 is 0 Å². The highest BCUT2D eigenvalue weighted by atomic mass is 16.2. The Morgan fingerprint density at radius 3 is 3.04 bits per heavy atom. The first-order valence-electron chi connectivity index (χ1n) is 8.14. The number of aromatic nitrogens is 4. The van der Waals surface area contributed by atoms with E-state index in [0.29, 0.717) is 12.5 Å². The van der Waals surface area contributed by atoms with Crippen molar-refractivity contribution in [2.45, 2.75) is 45.7 Å². The fourth-order valence-corrected chi connectivity index (χ4v) is 3.01. The lowest BCUT2D eigenvalue weighted by Crippen LogP contribution is -2.29. The molecule has 1 fully saturated rings. The van der Waals surface area contributed by atoms with Gasteiger partial charge < -0.3 is 10.6 Å². The molecule has 1 atom stereocenters. The number of amides is 1. The van der Waals surface area contributed by atoms with Crippen LogP contribution in [-0.2, 0) is 17.9 Å². The standard InChI is InChI=1S/C16H24N6O/c1-11-14(12(2)20-19-11)9-18-16(23)10-22-7-5-15(21-22)13-4-3-6-17-8-13/h5,7,13,17H,3-4,6,8-10H2,1-2H3,(H,18,23)(H,19,20)/t13-/m1/s1. The van der Waals surface area contributed by atoms with Crippen LogP contribution in [0.25, 0.3) is 0 Å². The largest absolute Gasteiger partial charge is 0.350 e. The summed E-state index contributed by atoms with van der Waals surface area (Å²) in [6.07, 6.45) is 4.23. The summed E-state index contributed by atoms with van der Waals surface area (Å²) in [7, 11) is 0. The van der Waals surface area contributed by atoms with Crippen LogP contribution < -0.4 is 10.6 Å². The van der Waals surface area contributed by atoms with Gasteiger partial charge >= 0.3 is 0 Å². The highest BCUT2D eigenvalue weighted by Gasteiger charge is 2.18. The van der Waals surface area contributed by atoms with E-state index in [1.807, 2.05) is 26.1 Å². The molecule has 2 aromatic rings. The van der Waals surface area contributed by atoms with Gasteiger partial charge in [0.25, 0.3) is 0 Å². The molecule has 1 aliphatic rings. The van der Waals surface area contributed by atoms with Gasteiger partial charge in [0, 0.05) is 36.5 Å². The fourth-order valence-electron chi connectivity index (χ4n) is 3.01. The van der Waals surface area contributed by atoms with Crippen molar-refractivity contribution in [3.05, 3.63) is 34.9 Å². The number of carbonyl (C=O) groups excluding carboxylic acids is 1. The summed E-state index contributed by atoms with van der Waals surface area (Å²) in [5, 5.41) is 17.9. The average Bonchev–Trinajstić information content (AvgIpc) is 3.14. The second-order valence-electron chi connectivity index (χ2n) is 6.17.